The number of aromatic nitrogens is 2. The topological polar surface area (TPSA) is 61.3 Å². The molecule has 1 atom stereocenters. The monoisotopic (exact) mass is 351 g/mol. The summed E-state index contributed by atoms with van der Waals surface area (Å²) in [5, 5.41) is 22.5. The number of likely N-dealkylation sites (N-methyl/N-ethyl adjacent to an activating group) is 1. The van der Waals surface area contributed by atoms with E-state index in [0.29, 0.717) is 41.6 Å². The minimum absolute atomic E-state index is 0.0136. The minimum atomic E-state index is -2.07. The summed E-state index contributed by atoms with van der Waals surface area (Å²) in [6.07, 6.45) is 9.28. The van der Waals surface area contributed by atoms with Crippen molar-refractivity contribution in [3.63, 3.8) is 0 Å². The lowest BCUT2D eigenvalue weighted by Crippen LogP contribution is -2.39. The zero-order valence-corrected chi connectivity index (χ0v) is 14.6. The molecule has 2 aliphatic rings. The zero-order valence-electron chi connectivity index (χ0n) is 17.6. The highest BCUT2D eigenvalue weighted by Gasteiger charge is 2.29. The molecule has 134 valence electrons. The highest BCUT2D eigenvalue weighted by Crippen LogP contribution is 2.45. The van der Waals surface area contributed by atoms with Crippen LogP contribution in [0.25, 0.3) is 11.3 Å². The molecule has 1 saturated carbocycles. The molecule has 0 amide bonds. The number of terminal acetylenes is 1. The van der Waals surface area contributed by atoms with Crippen molar-refractivity contribution in [2.45, 2.75) is 37.6 Å². The molecule has 0 unspecified atom stereocenters. The first-order chi connectivity index (χ1) is 13.8. The van der Waals surface area contributed by atoms with Crippen LogP contribution in [-0.4, -0.2) is 46.3 Å². The van der Waals surface area contributed by atoms with Crippen LogP contribution in [0.4, 0.5) is 5.82 Å². The minimum Gasteiger partial charge on any atom is -0.507 e. The van der Waals surface area contributed by atoms with Crippen LogP contribution in [0.3, 0.4) is 0 Å². The van der Waals surface area contributed by atoms with Gasteiger partial charge in [0.1, 0.15) is 17.3 Å². The van der Waals surface area contributed by atoms with Crippen molar-refractivity contribution in [3.8, 4) is 29.4 Å². The van der Waals surface area contributed by atoms with E-state index in [0.717, 1.165) is 31.2 Å². The summed E-state index contributed by atoms with van der Waals surface area (Å²) in [7, 11) is 0. The van der Waals surface area contributed by atoms with Gasteiger partial charge in [0.15, 0.2) is 0 Å². The summed E-state index contributed by atoms with van der Waals surface area (Å²) in [4.78, 5) is 1.53. The van der Waals surface area contributed by atoms with Gasteiger partial charge in [-0.05, 0) is 75.0 Å². The lowest BCUT2D eigenvalue weighted by atomic mass is 10.0. The first-order valence-electron chi connectivity index (χ1n) is 10.5. The fraction of sp³-hybridized carbons (Fsp3) is 0.429. The lowest BCUT2D eigenvalue weighted by Gasteiger charge is -2.30. The smallest absolute Gasteiger partial charge is 0.149 e. The van der Waals surface area contributed by atoms with E-state index in [-0.39, 0.29) is 11.8 Å². The van der Waals surface area contributed by atoms with E-state index in [1.54, 1.807) is 18.2 Å². The molecular formula is C21H24N4O. The molecule has 26 heavy (non-hydrogen) atoms. The van der Waals surface area contributed by atoms with Crippen molar-refractivity contribution < 1.29 is 9.22 Å². The number of phenolic OH excluding ortho intramolecular Hbond substituents is 1. The number of hydrogen-bond donors (Lipinski definition) is 2. The number of likely N-dealkylation sites (tertiary alicyclic amines) is 1. The molecule has 4 rings (SSSR count). The molecule has 0 spiro atoms. The summed E-state index contributed by atoms with van der Waals surface area (Å²) in [5.74, 6) is 3.66. The van der Waals surface area contributed by atoms with Crippen molar-refractivity contribution in [3.05, 3.63) is 35.4 Å². The molecular weight excluding hydrogens is 324 g/mol. The number of phenols is 1. The molecule has 2 N–H and O–H groups in total. The van der Waals surface area contributed by atoms with Crippen molar-refractivity contribution in [1.29, 1.82) is 0 Å². The Balaban J connectivity index is 1.58. The van der Waals surface area contributed by atoms with Crippen LogP contribution in [0.1, 0.15) is 46.8 Å². The third kappa shape index (κ3) is 3.51. The molecule has 2 heterocycles. The maximum Gasteiger partial charge on any atom is 0.149 e. The molecule has 1 saturated heterocycles. The number of anilines is 1. The fourth-order valence-electron chi connectivity index (χ4n) is 3.52. The predicted octanol–water partition coefficient (Wildman–Crippen LogP) is 3.21. The Morgan fingerprint density at radius 1 is 1.31 bits per heavy atom. The molecule has 5 nitrogen and oxygen atoms in total. The predicted molar refractivity (Wildman–Crippen MR) is 103 cm³/mol. The van der Waals surface area contributed by atoms with Gasteiger partial charge >= 0.3 is 0 Å². The summed E-state index contributed by atoms with van der Waals surface area (Å²) in [6, 6.07) is 7.13. The van der Waals surface area contributed by atoms with E-state index < -0.39 is 6.98 Å². The van der Waals surface area contributed by atoms with Crippen molar-refractivity contribution in [2.24, 2.45) is 0 Å². The Hall–Kier alpha value is -2.58. The average molecular weight is 351 g/mol. The van der Waals surface area contributed by atoms with Gasteiger partial charge < -0.3 is 15.3 Å². The Kier molecular flexibility index (Phi) is 3.65. The van der Waals surface area contributed by atoms with E-state index >= 15 is 0 Å². The molecule has 1 aliphatic heterocycles. The highest BCUT2D eigenvalue weighted by atomic mass is 16.3. The van der Waals surface area contributed by atoms with E-state index in [1.165, 1.54) is 4.90 Å². The van der Waals surface area contributed by atoms with Gasteiger partial charge in [0.25, 0.3) is 0 Å². The number of aromatic hydroxyl groups is 1. The second-order valence-electron chi connectivity index (χ2n) is 7.11. The van der Waals surface area contributed by atoms with Gasteiger partial charge in [-0.3, -0.25) is 0 Å². The number of benzene rings is 1. The summed E-state index contributed by atoms with van der Waals surface area (Å²) in [5.41, 5.74) is 2.96. The molecule has 1 aromatic heterocycles. The van der Waals surface area contributed by atoms with Gasteiger partial charge in [0.2, 0.25) is 0 Å². The normalized spacial score (nSPS) is 22.7. The van der Waals surface area contributed by atoms with E-state index in [2.05, 4.69) is 21.4 Å². The number of nitrogens with zero attached hydrogens (tertiary/aromatic N) is 3. The van der Waals surface area contributed by atoms with Gasteiger partial charge in [-0.25, -0.2) is 0 Å². The third-order valence-corrected chi connectivity index (χ3v) is 5.03. The van der Waals surface area contributed by atoms with Gasteiger partial charge in [-0.1, -0.05) is 5.92 Å². The first-order valence-corrected chi connectivity index (χ1v) is 9.04. The molecule has 0 bridgehead atoms. The second kappa shape index (κ2) is 6.97. The van der Waals surface area contributed by atoms with Crippen LogP contribution < -0.4 is 5.32 Å². The Morgan fingerprint density at radius 3 is 2.92 bits per heavy atom. The van der Waals surface area contributed by atoms with Gasteiger partial charge in [-0.2, -0.15) is 0 Å². The zero-order chi connectivity index (χ0) is 20.6. The quantitative estimate of drug-likeness (QED) is 0.828. The molecule has 2 aromatic rings. The summed E-state index contributed by atoms with van der Waals surface area (Å²) < 4.78 is 22.9. The van der Waals surface area contributed by atoms with E-state index in [1.807, 2.05) is 6.07 Å². The van der Waals surface area contributed by atoms with Crippen molar-refractivity contribution in [1.82, 2.24) is 15.1 Å². The van der Waals surface area contributed by atoms with Gasteiger partial charge in [-0.15, -0.1) is 16.6 Å². The maximum atomic E-state index is 10.4. The second-order valence-corrected chi connectivity index (χ2v) is 7.11. The van der Waals surface area contributed by atoms with Gasteiger partial charge in [0.05, 0.1) is 0 Å². The number of piperidine rings is 1. The van der Waals surface area contributed by atoms with Crippen molar-refractivity contribution >= 4 is 5.82 Å². The van der Waals surface area contributed by atoms with Crippen LogP contribution >= 0.6 is 0 Å². The van der Waals surface area contributed by atoms with Crippen LogP contribution in [0.5, 0.6) is 5.75 Å². The van der Waals surface area contributed by atoms with E-state index in [9.17, 15) is 5.11 Å². The third-order valence-electron chi connectivity index (χ3n) is 5.03. The number of rotatable bonds is 4. The summed E-state index contributed by atoms with van der Waals surface area (Å²) >= 11 is 0. The Labute approximate surface area is 158 Å². The number of hydrogen-bond acceptors (Lipinski definition) is 5. The van der Waals surface area contributed by atoms with Crippen LogP contribution in [-0.2, 0) is 0 Å². The molecule has 0 radical (unpaired) electrons. The van der Waals surface area contributed by atoms with Crippen LogP contribution in [0.15, 0.2) is 24.3 Å². The largest absolute Gasteiger partial charge is 0.507 e. The molecule has 1 aliphatic carbocycles. The highest BCUT2D eigenvalue weighted by molar-refractivity contribution is 5.72. The van der Waals surface area contributed by atoms with Crippen LogP contribution in [0, 0.1) is 12.3 Å². The molecule has 5 heteroatoms. The lowest BCUT2D eigenvalue weighted by molar-refractivity contribution is 0.260. The SMILES string of the molecule is [2H]C([2H])([2H])N1CCC[C@@H](Nc2cc(C3CC3)c(-c3ccc(C#C)cc3O)nn2)C1. The average Bonchev–Trinajstić information content (AvgIpc) is 3.53. The van der Waals surface area contributed by atoms with Gasteiger partial charge in [0, 0.05) is 27.8 Å². The van der Waals surface area contributed by atoms with Crippen molar-refractivity contribution in [2.75, 3.05) is 25.4 Å². The van der Waals surface area contributed by atoms with E-state index in [4.69, 9.17) is 10.5 Å². The molecule has 1 aromatic carbocycles. The summed E-state index contributed by atoms with van der Waals surface area (Å²) in [6.45, 7) is -1.04. The van der Waals surface area contributed by atoms with Crippen LogP contribution in [0.2, 0.25) is 0 Å². The standard InChI is InChI=1S/C21H24N4O/c1-3-14-6-9-17(19(26)11-14)21-18(15-7-8-15)12-20(23-24-21)22-16-5-4-10-25(2)13-16/h1,6,9,11-12,15-16,26H,4-5,7-8,10,13H2,2H3,(H,22,23)/t16-/m1/s1/i2D3. The Bertz CT molecular complexity index is 950. The first kappa shape index (κ1) is 13.6. The number of nitrogens with one attached hydrogen (secondary N) is 1. The molecule has 2 fully saturated rings. The Morgan fingerprint density at radius 2 is 2.19 bits per heavy atom. The fourth-order valence-corrected chi connectivity index (χ4v) is 3.52. The maximum absolute atomic E-state index is 10.4.